The summed E-state index contributed by atoms with van der Waals surface area (Å²) in [4.78, 5) is 0. The lowest BCUT2D eigenvalue weighted by atomic mass is 10.1. The van der Waals surface area contributed by atoms with Gasteiger partial charge in [-0.2, -0.15) is 0 Å². The number of hydrogen-bond donors (Lipinski definition) is 1. The molecule has 3 aromatic carbocycles. The Kier molecular flexibility index (Phi) is 6.25. The third-order valence-corrected chi connectivity index (χ3v) is 4.77. The molecule has 0 aromatic heterocycles. The van der Waals surface area contributed by atoms with Crippen molar-refractivity contribution >= 4 is 28.9 Å². The predicted octanol–water partition coefficient (Wildman–Crippen LogP) is 6.94. The van der Waals surface area contributed by atoms with E-state index < -0.39 is 0 Å². The highest BCUT2D eigenvalue weighted by Crippen LogP contribution is 2.35. The van der Waals surface area contributed by atoms with Crippen LogP contribution in [0, 0.1) is 19.7 Å². The number of hydrogen-bond acceptors (Lipinski definition) is 2. The molecular formula is C22H20Cl2FNO. The summed E-state index contributed by atoms with van der Waals surface area (Å²) in [5.41, 5.74) is 5.11. The van der Waals surface area contributed by atoms with Gasteiger partial charge in [0, 0.05) is 12.2 Å². The SMILES string of the molecule is Cc1ccc(C)c(NCc2cc(Cl)c(OCc3cccc(F)c3)c(Cl)c2)c1. The fraction of sp³-hybridized carbons (Fsp3) is 0.182. The third-order valence-electron chi connectivity index (χ3n) is 4.21. The fourth-order valence-electron chi connectivity index (χ4n) is 2.76. The van der Waals surface area contributed by atoms with Crippen molar-refractivity contribution in [2.75, 3.05) is 5.32 Å². The lowest BCUT2D eigenvalue weighted by Gasteiger charge is -2.14. The zero-order valence-corrected chi connectivity index (χ0v) is 16.7. The van der Waals surface area contributed by atoms with Crippen LogP contribution in [-0.2, 0) is 13.2 Å². The van der Waals surface area contributed by atoms with Crippen LogP contribution in [-0.4, -0.2) is 0 Å². The lowest BCUT2D eigenvalue weighted by molar-refractivity contribution is 0.306. The van der Waals surface area contributed by atoms with E-state index in [2.05, 4.69) is 37.4 Å². The standard InChI is InChI=1S/C22H20Cl2FNO/c1-14-6-7-15(2)21(8-14)26-12-17-10-19(23)22(20(24)11-17)27-13-16-4-3-5-18(25)9-16/h3-11,26H,12-13H2,1-2H3. The van der Waals surface area contributed by atoms with E-state index in [0.717, 1.165) is 11.3 Å². The second kappa shape index (κ2) is 8.64. The van der Waals surface area contributed by atoms with E-state index in [-0.39, 0.29) is 12.4 Å². The van der Waals surface area contributed by atoms with E-state index in [0.29, 0.717) is 27.9 Å². The van der Waals surface area contributed by atoms with Crippen LogP contribution < -0.4 is 10.1 Å². The summed E-state index contributed by atoms with van der Waals surface area (Å²) in [6.45, 7) is 4.90. The van der Waals surface area contributed by atoms with E-state index in [9.17, 15) is 4.39 Å². The molecular weight excluding hydrogens is 384 g/mol. The highest BCUT2D eigenvalue weighted by atomic mass is 35.5. The largest absolute Gasteiger partial charge is 0.486 e. The summed E-state index contributed by atoms with van der Waals surface area (Å²) in [6, 6.07) is 16.2. The molecule has 0 radical (unpaired) electrons. The summed E-state index contributed by atoms with van der Waals surface area (Å²) in [5.74, 6) is 0.0965. The Balaban J connectivity index is 1.69. The monoisotopic (exact) mass is 403 g/mol. The molecule has 3 rings (SSSR count). The second-order valence-electron chi connectivity index (χ2n) is 6.48. The van der Waals surface area contributed by atoms with Crippen LogP contribution in [0.3, 0.4) is 0 Å². The van der Waals surface area contributed by atoms with Crippen molar-refractivity contribution in [3.63, 3.8) is 0 Å². The van der Waals surface area contributed by atoms with Gasteiger partial charge < -0.3 is 10.1 Å². The molecule has 0 atom stereocenters. The van der Waals surface area contributed by atoms with Crippen LogP contribution in [0.4, 0.5) is 10.1 Å². The molecule has 0 amide bonds. The topological polar surface area (TPSA) is 21.3 Å². The van der Waals surface area contributed by atoms with Gasteiger partial charge in [-0.1, -0.05) is 47.5 Å². The predicted molar refractivity (Wildman–Crippen MR) is 110 cm³/mol. The quantitative estimate of drug-likeness (QED) is 0.481. The molecule has 0 saturated carbocycles. The first-order chi connectivity index (χ1) is 12.9. The molecule has 140 valence electrons. The van der Waals surface area contributed by atoms with Crippen LogP contribution in [0.25, 0.3) is 0 Å². The Bertz CT molecular complexity index is 936. The molecule has 0 saturated heterocycles. The van der Waals surface area contributed by atoms with Gasteiger partial charge in [0.1, 0.15) is 12.4 Å². The third kappa shape index (κ3) is 5.15. The molecule has 1 N–H and O–H groups in total. The molecule has 0 fully saturated rings. The van der Waals surface area contributed by atoms with Gasteiger partial charge in [0.05, 0.1) is 10.0 Å². The Morgan fingerprint density at radius 3 is 2.37 bits per heavy atom. The van der Waals surface area contributed by atoms with Crippen molar-refractivity contribution in [2.45, 2.75) is 27.0 Å². The highest BCUT2D eigenvalue weighted by molar-refractivity contribution is 6.37. The van der Waals surface area contributed by atoms with Gasteiger partial charge in [-0.05, 0) is 66.4 Å². The Morgan fingerprint density at radius 2 is 1.67 bits per heavy atom. The van der Waals surface area contributed by atoms with Crippen molar-refractivity contribution < 1.29 is 9.13 Å². The average Bonchev–Trinajstić information content (AvgIpc) is 2.62. The van der Waals surface area contributed by atoms with E-state index in [1.807, 2.05) is 12.1 Å². The van der Waals surface area contributed by atoms with Crippen LogP contribution in [0.15, 0.2) is 54.6 Å². The number of ether oxygens (including phenoxy) is 1. The van der Waals surface area contributed by atoms with Crippen LogP contribution in [0.2, 0.25) is 10.0 Å². The Labute approximate surface area is 168 Å². The molecule has 0 heterocycles. The first kappa shape index (κ1) is 19.5. The molecule has 0 bridgehead atoms. The number of halogens is 3. The van der Waals surface area contributed by atoms with Gasteiger partial charge in [-0.3, -0.25) is 0 Å². The summed E-state index contributed by atoms with van der Waals surface area (Å²) in [6.07, 6.45) is 0. The Morgan fingerprint density at radius 1 is 0.926 bits per heavy atom. The van der Waals surface area contributed by atoms with E-state index in [1.54, 1.807) is 12.1 Å². The van der Waals surface area contributed by atoms with Crippen LogP contribution in [0.5, 0.6) is 5.75 Å². The molecule has 0 spiro atoms. The zero-order chi connectivity index (χ0) is 19.4. The highest BCUT2D eigenvalue weighted by Gasteiger charge is 2.11. The fourth-order valence-corrected chi connectivity index (χ4v) is 3.40. The maximum atomic E-state index is 13.3. The van der Waals surface area contributed by atoms with Crippen LogP contribution >= 0.6 is 23.2 Å². The lowest BCUT2D eigenvalue weighted by Crippen LogP contribution is -2.03. The number of anilines is 1. The van der Waals surface area contributed by atoms with Gasteiger partial charge >= 0.3 is 0 Å². The molecule has 27 heavy (non-hydrogen) atoms. The Hall–Kier alpha value is -2.23. The van der Waals surface area contributed by atoms with Gasteiger partial charge in [-0.25, -0.2) is 4.39 Å². The van der Waals surface area contributed by atoms with Gasteiger partial charge in [0.15, 0.2) is 5.75 Å². The second-order valence-corrected chi connectivity index (χ2v) is 7.29. The van der Waals surface area contributed by atoms with Gasteiger partial charge in [-0.15, -0.1) is 0 Å². The minimum Gasteiger partial charge on any atom is -0.486 e. The van der Waals surface area contributed by atoms with Crippen LogP contribution in [0.1, 0.15) is 22.3 Å². The van der Waals surface area contributed by atoms with Crippen molar-refractivity contribution in [3.8, 4) is 5.75 Å². The normalized spacial score (nSPS) is 10.7. The molecule has 0 aliphatic rings. The minimum absolute atomic E-state index is 0.192. The molecule has 3 aromatic rings. The first-order valence-electron chi connectivity index (χ1n) is 8.58. The summed E-state index contributed by atoms with van der Waals surface area (Å²) >= 11 is 12.7. The van der Waals surface area contributed by atoms with E-state index >= 15 is 0 Å². The molecule has 0 aliphatic heterocycles. The number of aryl methyl sites for hydroxylation is 2. The average molecular weight is 404 g/mol. The van der Waals surface area contributed by atoms with E-state index in [1.165, 1.54) is 23.3 Å². The summed E-state index contributed by atoms with van der Waals surface area (Å²) < 4.78 is 19.0. The van der Waals surface area contributed by atoms with E-state index in [4.69, 9.17) is 27.9 Å². The van der Waals surface area contributed by atoms with Crippen molar-refractivity contribution in [1.82, 2.24) is 0 Å². The van der Waals surface area contributed by atoms with Gasteiger partial charge in [0.2, 0.25) is 0 Å². The maximum absolute atomic E-state index is 13.3. The first-order valence-corrected chi connectivity index (χ1v) is 9.34. The maximum Gasteiger partial charge on any atom is 0.156 e. The minimum atomic E-state index is -0.304. The van der Waals surface area contributed by atoms with Crippen molar-refractivity contribution in [1.29, 1.82) is 0 Å². The molecule has 0 aliphatic carbocycles. The zero-order valence-electron chi connectivity index (χ0n) is 15.2. The van der Waals surface area contributed by atoms with Crippen molar-refractivity contribution in [2.24, 2.45) is 0 Å². The molecule has 2 nitrogen and oxygen atoms in total. The van der Waals surface area contributed by atoms with Gasteiger partial charge in [0.25, 0.3) is 0 Å². The summed E-state index contributed by atoms with van der Waals surface area (Å²) in [7, 11) is 0. The number of benzene rings is 3. The number of nitrogens with one attached hydrogen (secondary N) is 1. The van der Waals surface area contributed by atoms with Crippen molar-refractivity contribution in [3.05, 3.63) is 92.7 Å². The molecule has 0 unspecified atom stereocenters. The molecule has 5 heteroatoms. The smallest absolute Gasteiger partial charge is 0.156 e. The number of rotatable bonds is 6. The summed E-state index contributed by atoms with van der Waals surface area (Å²) in [5, 5.41) is 4.26.